The third-order valence-corrected chi connectivity index (χ3v) is 5.11. The lowest BCUT2D eigenvalue weighted by Gasteiger charge is -2.13. The monoisotopic (exact) mass is 471 g/mol. The van der Waals surface area contributed by atoms with Crippen LogP contribution >= 0.6 is 15.9 Å². The second kappa shape index (κ2) is 8.15. The molecule has 3 amide bonds. The SMILES string of the molecule is O=C(CCCN1C(=O)c2ccc(Br)cc2C1=O)Nc1ccc(-n2cncn2)c(F)c1. The van der Waals surface area contributed by atoms with Crippen molar-refractivity contribution in [1.29, 1.82) is 0 Å². The molecule has 0 spiro atoms. The van der Waals surface area contributed by atoms with Crippen LogP contribution in [0.1, 0.15) is 33.6 Å². The Balaban J connectivity index is 1.32. The number of amides is 3. The van der Waals surface area contributed by atoms with Crippen molar-refractivity contribution in [2.45, 2.75) is 12.8 Å². The first-order chi connectivity index (χ1) is 14.4. The fourth-order valence-electron chi connectivity index (χ4n) is 3.19. The summed E-state index contributed by atoms with van der Waals surface area (Å²) in [7, 11) is 0. The average molecular weight is 472 g/mol. The quantitative estimate of drug-likeness (QED) is 0.556. The minimum absolute atomic E-state index is 0.0730. The molecule has 8 nitrogen and oxygen atoms in total. The maximum atomic E-state index is 14.2. The van der Waals surface area contributed by atoms with Crippen LogP contribution in [0.2, 0.25) is 0 Å². The van der Waals surface area contributed by atoms with Crippen LogP contribution in [-0.4, -0.2) is 43.9 Å². The fraction of sp³-hybridized carbons (Fsp3) is 0.150. The second-order valence-electron chi connectivity index (χ2n) is 6.61. The van der Waals surface area contributed by atoms with Crippen LogP contribution in [-0.2, 0) is 4.79 Å². The lowest BCUT2D eigenvalue weighted by Crippen LogP contribution is -2.31. The number of anilines is 1. The fourth-order valence-corrected chi connectivity index (χ4v) is 3.55. The number of carbonyl (C=O) groups is 3. The molecule has 1 N–H and O–H groups in total. The van der Waals surface area contributed by atoms with E-state index >= 15 is 0 Å². The van der Waals surface area contributed by atoms with Gasteiger partial charge in [0.15, 0.2) is 5.82 Å². The van der Waals surface area contributed by atoms with Crippen molar-refractivity contribution in [3.05, 3.63) is 70.5 Å². The van der Waals surface area contributed by atoms with Gasteiger partial charge in [0.2, 0.25) is 5.91 Å². The van der Waals surface area contributed by atoms with E-state index in [1.807, 2.05) is 0 Å². The van der Waals surface area contributed by atoms with Gasteiger partial charge in [0, 0.05) is 23.1 Å². The Kier molecular flexibility index (Phi) is 5.40. The number of carbonyl (C=O) groups excluding carboxylic acids is 3. The molecule has 0 saturated heterocycles. The van der Waals surface area contributed by atoms with Crippen molar-refractivity contribution < 1.29 is 18.8 Å². The molecular formula is C20H15BrFN5O3. The van der Waals surface area contributed by atoms with Gasteiger partial charge >= 0.3 is 0 Å². The van der Waals surface area contributed by atoms with Gasteiger partial charge in [-0.2, -0.15) is 5.10 Å². The largest absolute Gasteiger partial charge is 0.326 e. The van der Waals surface area contributed by atoms with Crippen LogP contribution in [0.3, 0.4) is 0 Å². The Morgan fingerprint density at radius 2 is 1.90 bits per heavy atom. The maximum absolute atomic E-state index is 14.2. The number of imide groups is 1. The van der Waals surface area contributed by atoms with E-state index in [1.165, 1.54) is 29.5 Å². The van der Waals surface area contributed by atoms with E-state index in [0.29, 0.717) is 21.3 Å². The Morgan fingerprint density at radius 3 is 2.63 bits per heavy atom. The molecule has 2 aromatic carbocycles. The van der Waals surface area contributed by atoms with E-state index < -0.39 is 5.82 Å². The highest BCUT2D eigenvalue weighted by Gasteiger charge is 2.35. The number of nitrogens with one attached hydrogen (secondary N) is 1. The van der Waals surface area contributed by atoms with Crippen molar-refractivity contribution in [3.8, 4) is 5.69 Å². The molecule has 3 aromatic rings. The number of benzene rings is 2. The van der Waals surface area contributed by atoms with Crippen molar-refractivity contribution in [2.24, 2.45) is 0 Å². The predicted molar refractivity (Wildman–Crippen MR) is 109 cm³/mol. The molecule has 1 aromatic heterocycles. The molecule has 2 heterocycles. The van der Waals surface area contributed by atoms with Gasteiger partial charge in [0.05, 0.1) is 11.1 Å². The first-order valence-corrected chi connectivity index (χ1v) is 9.83. The van der Waals surface area contributed by atoms with E-state index in [1.54, 1.807) is 24.3 Å². The molecule has 0 bridgehead atoms. The summed E-state index contributed by atoms with van der Waals surface area (Å²) in [5.41, 5.74) is 1.21. The molecule has 0 unspecified atom stereocenters. The maximum Gasteiger partial charge on any atom is 0.261 e. The number of hydrogen-bond donors (Lipinski definition) is 1. The van der Waals surface area contributed by atoms with Crippen LogP contribution in [0, 0.1) is 5.82 Å². The summed E-state index contributed by atoms with van der Waals surface area (Å²) < 4.78 is 16.2. The van der Waals surface area contributed by atoms with Crippen molar-refractivity contribution in [2.75, 3.05) is 11.9 Å². The van der Waals surface area contributed by atoms with E-state index in [4.69, 9.17) is 0 Å². The molecule has 4 rings (SSSR count). The van der Waals surface area contributed by atoms with Gasteiger partial charge in [-0.15, -0.1) is 0 Å². The Morgan fingerprint density at radius 1 is 1.10 bits per heavy atom. The minimum Gasteiger partial charge on any atom is -0.326 e. The summed E-state index contributed by atoms with van der Waals surface area (Å²) in [5, 5.41) is 6.47. The molecule has 1 aliphatic rings. The van der Waals surface area contributed by atoms with Gasteiger partial charge in [-0.05, 0) is 42.8 Å². The summed E-state index contributed by atoms with van der Waals surface area (Å²) in [4.78, 5) is 41.9. The highest BCUT2D eigenvalue weighted by molar-refractivity contribution is 9.10. The lowest BCUT2D eigenvalue weighted by molar-refractivity contribution is -0.116. The minimum atomic E-state index is -0.560. The number of nitrogens with zero attached hydrogens (tertiary/aromatic N) is 4. The first-order valence-electron chi connectivity index (χ1n) is 9.04. The summed E-state index contributed by atoms with van der Waals surface area (Å²) in [6, 6.07) is 9.14. The topological polar surface area (TPSA) is 97.2 Å². The zero-order chi connectivity index (χ0) is 21.3. The zero-order valence-electron chi connectivity index (χ0n) is 15.5. The number of halogens is 2. The Bertz CT molecular complexity index is 1150. The molecule has 0 radical (unpaired) electrons. The highest BCUT2D eigenvalue weighted by atomic mass is 79.9. The van der Waals surface area contributed by atoms with Crippen LogP contribution in [0.15, 0.2) is 53.5 Å². The summed E-state index contributed by atoms with van der Waals surface area (Å²) in [6.45, 7) is 0.122. The molecule has 30 heavy (non-hydrogen) atoms. The molecule has 0 fully saturated rings. The standard InChI is InChI=1S/C20H15BrFN5O3/c21-12-3-5-14-15(8-12)20(30)26(19(14)29)7-1-2-18(28)25-13-4-6-17(16(22)9-13)27-11-23-10-24-27/h3-6,8-11H,1-2,7H2,(H,25,28). The van der Waals surface area contributed by atoms with Gasteiger partial charge in [-0.1, -0.05) is 15.9 Å². The van der Waals surface area contributed by atoms with Gasteiger partial charge in [-0.25, -0.2) is 14.1 Å². The first kappa shape index (κ1) is 19.9. The third-order valence-electron chi connectivity index (χ3n) is 4.62. The molecule has 152 valence electrons. The van der Waals surface area contributed by atoms with Gasteiger partial charge < -0.3 is 5.32 Å². The number of aromatic nitrogens is 3. The number of rotatable bonds is 6. The Labute approximate surface area is 178 Å². The van der Waals surface area contributed by atoms with E-state index in [9.17, 15) is 18.8 Å². The molecular weight excluding hydrogens is 457 g/mol. The number of hydrogen-bond acceptors (Lipinski definition) is 5. The normalized spacial score (nSPS) is 12.9. The third kappa shape index (κ3) is 3.86. The van der Waals surface area contributed by atoms with Crippen molar-refractivity contribution >= 4 is 39.3 Å². The van der Waals surface area contributed by atoms with Gasteiger partial charge in [0.25, 0.3) is 11.8 Å². The Hall–Kier alpha value is -3.40. The molecule has 0 aliphatic carbocycles. The van der Waals surface area contributed by atoms with E-state index in [0.717, 1.165) is 4.90 Å². The molecule has 1 aliphatic heterocycles. The zero-order valence-corrected chi connectivity index (χ0v) is 17.1. The number of fused-ring (bicyclic) bond motifs is 1. The van der Waals surface area contributed by atoms with Gasteiger partial charge in [0.1, 0.15) is 18.3 Å². The molecule has 0 atom stereocenters. The predicted octanol–water partition coefficient (Wildman–Crippen LogP) is 3.18. The van der Waals surface area contributed by atoms with Crippen molar-refractivity contribution in [3.63, 3.8) is 0 Å². The lowest BCUT2D eigenvalue weighted by atomic mass is 10.1. The smallest absolute Gasteiger partial charge is 0.261 e. The molecule has 10 heteroatoms. The van der Waals surface area contributed by atoms with E-state index in [-0.39, 0.29) is 42.8 Å². The van der Waals surface area contributed by atoms with Crippen LogP contribution in [0.4, 0.5) is 10.1 Å². The average Bonchev–Trinajstić information content (AvgIpc) is 3.31. The summed E-state index contributed by atoms with van der Waals surface area (Å²) in [5.74, 6) is -1.64. The van der Waals surface area contributed by atoms with Crippen LogP contribution < -0.4 is 5.32 Å². The van der Waals surface area contributed by atoms with Crippen LogP contribution in [0.25, 0.3) is 5.69 Å². The van der Waals surface area contributed by atoms with Gasteiger partial charge in [-0.3, -0.25) is 19.3 Å². The highest BCUT2D eigenvalue weighted by Crippen LogP contribution is 2.26. The van der Waals surface area contributed by atoms with Crippen LogP contribution in [0.5, 0.6) is 0 Å². The molecule has 0 saturated carbocycles. The summed E-state index contributed by atoms with van der Waals surface area (Å²) in [6.07, 6.45) is 3.03. The van der Waals surface area contributed by atoms with E-state index in [2.05, 4.69) is 31.3 Å². The summed E-state index contributed by atoms with van der Waals surface area (Å²) >= 11 is 3.29. The second-order valence-corrected chi connectivity index (χ2v) is 7.53. The van der Waals surface area contributed by atoms with Crippen molar-refractivity contribution in [1.82, 2.24) is 19.7 Å².